The van der Waals surface area contributed by atoms with E-state index >= 15 is 0 Å². The van der Waals surface area contributed by atoms with Crippen LogP contribution in [0.25, 0.3) is 11.0 Å². The van der Waals surface area contributed by atoms with E-state index in [1.807, 2.05) is 45.0 Å². The van der Waals surface area contributed by atoms with Gasteiger partial charge >= 0.3 is 0 Å². The molecule has 0 radical (unpaired) electrons. The third kappa shape index (κ3) is 2.21. The van der Waals surface area contributed by atoms with Crippen molar-refractivity contribution in [2.75, 3.05) is 6.54 Å². The van der Waals surface area contributed by atoms with E-state index in [4.69, 9.17) is 4.42 Å². The number of nitrogens with one attached hydrogen (secondary N) is 1. The summed E-state index contributed by atoms with van der Waals surface area (Å²) < 4.78 is 5.66. The molecule has 1 aromatic carbocycles. The molecule has 0 aliphatic carbocycles. The van der Waals surface area contributed by atoms with Crippen LogP contribution < -0.4 is 5.32 Å². The molecule has 2 rings (SSSR count). The molecule has 3 nitrogen and oxygen atoms in total. The fraction of sp³-hybridized carbons (Fsp3) is 0.429. The van der Waals surface area contributed by atoms with Crippen molar-refractivity contribution in [2.24, 2.45) is 0 Å². The van der Waals surface area contributed by atoms with Crippen LogP contribution in [0.4, 0.5) is 0 Å². The second-order valence-corrected chi connectivity index (χ2v) is 4.36. The Morgan fingerprint density at radius 1 is 1.35 bits per heavy atom. The van der Waals surface area contributed by atoms with Gasteiger partial charge in [-0.2, -0.15) is 0 Å². The zero-order valence-corrected chi connectivity index (χ0v) is 10.5. The lowest BCUT2D eigenvalue weighted by molar-refractivity contribution is 0.136. The van der Waals surface area contributed by atoms with Crippen LogP contribution in [-0.4, -0.2) is 17.7 Å². The Hall–Kier alpha value is -1.32. The Kier molecular flexibility index (Phi) is 3.50. The van der Waals surface area contributed by atoms with Crippen molar-refractivity contribution >= 4 is 11.0 Å². The summed E-state index contributed by atoms with van der Waals surface area (Å²) in [5.41, 5.74) is 1.73. The number of para-hydroxylation sites is 1. The number of hydrogen-bond donors (Lipinski definition) is 2. The zero-order chi connectivity index (χ0) is 12.4. The number of rotatable bonds is 4. The van der Waals surface area contributed by atoms with Crippen LogP contribution in [0.5, 0.6) is 0 Å². The third-order valence-electron chi connectivity index (χ3n) is 3.12. The van der Waals surface area contributed by atoms with Crippen molar-refractivity contribution in [1.29, 1.82) is 0 Å². The highest BCUT2D eigenvalue weighted by Gasteiger charge is 2.22. The predicted octanol–water partition coefficient (Wildman–Crippen LogP) is 2.77. The molecule has 0 amide bonds. The molecule has 2 atom stereocenters. The highest BCUT2D eigenvalue weighted by molar-refractivity contribution is 5.82. The molecule has 1 aromatic heterocycles. The molecular formula is C14H19NO2. The van der Waals surface area contributed by atoms with E-state index in [9.17, 15) is 5.11 Å². The summed E-state index contributed by atoms with van der Waals surface area (Å²) in [5.74, 6) is 0.795. The van der Waals surface area contributed by atoms with Crippen molar-refractivity contribution < 1.29 is 9.52 Å². The van der Waals surface area contributed by atoms with Gasteiger partial charge in [0, 0.05) is 17.0 Å². The van der Waals surface area contributed by atoms with Crippen LogP contribution in [0, 0.1) is 6.92 Å². The van der Waals surface area contributed by atoms with E-state index in [-0.39, 0.29) is 6.04 Å². The Morgan fingerprint density at radius 3 is 2.76 bits per heavy atom. The van der Waals surface area contributed by atoms with E-state index in [1.54, 1.807) is 0 Å². The van der Waals surface area contributed by atoms with Crippen LogP contribution in [0.3, 0.4) is 0 Å². The van der Waals surface area contributed by atoms with Gasteiger partial charge in [0.1, 0.15) is 11.3 Å². The molecule has 0 aliphatic rings. The van der Waals surface area contributed by atoms with E-state index in [0.29, 0.717) is 0 Å². The monoisotopic (exact) mass is 233 g/mol. The minimum atomic E-state index is -0.543. The molecule has 2 unspecified atom stereocenters. The van der Waals surface area contributed by atoms with Crippen molar-refractivity contribution in [3.05, 3.63) is 35.6 Å². The standard InChI is InChI=1S/C14H19NO2/c1-4-15-9(2)14(16)13-10(3)17-12-8-6-5-7-11(12)13/h5-9,14-16H,4H2,1-3H3. The summed E-state index contributed by atoms with van der Waals surface area (Å²) >= 11 is 0. The second kappa shape index (κ2) is 4.90. The minimum absolute atomic E-state index is 0.0136. The number of fused-ring (bicyclic) bond motifs is 1. The maximum Gasteiger partial charge on any atom is 0.134 e. The van der Waals surface area contributed by atoms with E-state index in [1.165, 1.54) is 0 Å². The smallest absolute Gasteiger partial charge is 0.134 e. The van der Waals surface area contributed by atoms with Gasteiger partial charge in [0.2, 0.25) is 0 Å². The maximum absolute atomic E-state index is 10.4. The number of likely N-dealkylation sites (N-methyl/N-ethyl adjacent to an activating group) is 1. The number of aliphatic hydroxyl groups is 1. The lowest BCUT2D eigenvalue weighted by Gasteiger charge is -2.19. The van der Waals surface area contributed by atoms with Gasteiger partial charge in [0.25, 0.3) is 0 Å². The Morgan fingerprint density at radius 2 is 2.06 bits per heavy atom. The van der Waals surface area contributed by atoms with Crippen molar-refractivity contribution in [3.8, 4) is 0 Å². The molecule has 0 saturated carbocycles. The highest BCUT2D eigenvalue weighted by atomic mass is 16.3. The summed E-state index contributed by atoms with van der Waals surface area (Å²) in [5, 5.41) is 14.6. The van der Waals surface area contributed by atoms with Gasteiger partial charge in [-0.3, -0.25) is 0 Å². The van der Waals surface area contributed by atoms with Crippen LogP contribution in [0.2, 0.25) is 0 Å². The van der Waals surface area contributed by atoms with Crippen LogP contribution >= 0.6 is 0 Å². The topological polar surface area (TPSA) is 45.4 Å². The van der Waals surface area contributed by atoms with Gasteiger partial charge in [0.05, 0.1) is 6.10 Å². The lowest BCUT2D eigenvalue weighted by atomic mass is 10.0. The number of hydrogen-bond acceptors (Lipinski definition) is 3. The highest BCUT2D eigenvalue weighted by Crippen LogP contribution is 2.31. The normalized spacial score (nSPS) is 15.1. The van der Waals surface area contributed by atoms with Gasteiger partial charge in [-0.1, -0.05) is 25.1 Å². The van der Waals surface area contributed by atoms with E-state index in [0.717, 1.165) is 28.8 Å². The minimum Gasteiger partial charge on any atom is -0.461 e. The Bertz CT molecular complexity index is 504. The Balaban J connectivity index is 2.43. The van der Waals surface area contributed by atoms with Crippen molar-refractivity contribution in [1.82, 2.24) is 5.32 Å². The zero-order valence-electron chi connectivity index (χ0n) is 10.5. The van der Waals surface area contributed by atoms with Crippen LogP contribution in [-0.2, 0) is 0 Å². The molecule has 92 valence electrons. The molecular weight excluding hydrogens is 214 g/mol. The number of benzene rings is 1. The summed E-state index contributed by atoms with van der Waals surface area (Å²) in [6.07, 6.45) is -0.543. The van der Waals surface area contributed by atoms with Gasteiger partial charge in [-0.05, 0) is 26.5 Å². The molecule has 3 heteroatoms. The summed E-state index contributed by atoms with van der Waals surface area (Å²) in [4.78, 5) is 0. The largest absolute Gasteiger partial charge is 0.461 e. The first-order valence-corrected chi connectivity index (χ1v) is 6.04. The van der Waals surface area contributed by atoms with E-state index < -0.39 is 6.10 Å². The van der Waals surface area contributed by atoms with E-state index in [2.05, 4.69) is 5.32 Å². The fourth-order valence-corrected chi connectivity index (χ4v) is 2.24. The van der Waals surface area contributed by atoms with Gasteiger partial charge in [0.15, 0.2) is 0 Å². The van der Waals surface area contributed by atoms with Crippen molar-refractivity contribution in [2.45, 2.75) is 32.9 Å². The summed E-state index contributed by atoms with van der Waals surface area (Å²) in [6.45, 7) is 6.75. The maximum atomic E-state index is 10.4. The quantitative estimate of drug-likeness (QED) is 0.853. The average Bonchev–Trinajstić information content (AvgIpc) is 2.64. The van der Waals surface area contributed by atoms with Crippen molar-refractivity contribution in [3.63, 3.8) is 0 Å². The molecule has 1 heterocycles. The first kappa shape index (κ1) is 12.1. The Labute approximate surface area is 101 Å². The van der Waals surface area contributed by atoms with Crippen LogP contribution in [0.1, 0.15) is 31.3 Å². The van der Waals surface area contributed by atoms with Gasteiger partial charge in [-0.15, -0.1) is 0 Å². The molecule has 2 aromatic rings. The predicted molar refractivity (Wildman–Crippen MR) is 69.0 cm³/mol. The molecule has 0 bridgehead atoms. The van der Waals surface area contributed by atoms with Gasteiger partial charge < -0.3 is 14.8 Å². The van der Waals surface area contributed by atoms with Gasteiger partial charge in [-0.25, -0.2) is 0 Å². The first-order chi connectivity index (χ1) is 8.15. The lowest BCUT2D eigenvalue weighted by Crippen LogP contribution is -2.32. The van der Waals surface area contributed by atoms with Crippen LogP contribution in [0.15, 0.2) is 28.7 Å². The summed E-state index contributed by atoms with van der Waals surface area (Å²) in [6, 6.07) is 7.83. The summed E-state index contributed by atoms with van der Waals surface area (Å²) in [7, 11) is 0. The molecule has 0 aliphatic heterocycles. The molecule has 0 saturated heterocycles. The molecule has 17 heavy (non-hydrogen) atoms. The number of furan rings is 1. The molecule has 0 fully saturated rings. The first-order valence-electron chi connectivity index (χ1n) is 6.04. The molecule has 0 spiro atoms. The third-order valence-corrected chi connectivity index (χ3v) is 3.12. The SMILES string of the molecule is CCNC(C)C(O)c1c(C)oc2ccccc12. The fourth-order valence-electron chi connectivity index (χ4n) is 2.24. The molecule has 2 N–H and O–H groups in total. The average molecular weight is 233 g/mol. The number of aryl methyl sites for hydroxylation is 1. The second-order valence-electron chi connectivity index (χ2n) is 4.36. The number of aliphatic hydroxyl groups excluding tert-OH is 1.